The first kappa shape index (κ1) is 46.0. The highest BCUT2D eigenvalue weighted by Gasteiger charge is 2.38. The van der Waals surface area contributed by atoms with Crippen LogP contribution in [0.4, 0.5) is 4.79 Å². The number of aromatic nitrogens is 6. The van der Waals surface area contributed by atoms with Crippen LogP contribution in [0, 0.1) is 0 Å². The number of fused-ring (bicyclic) bond motifs is 1. The summed E-state index contributed by atoms with van der Waals surface area (Å²) in [6.45, 7) is -0.976. The van der Waals surface area contributed by atoms with Crippen molar-refractivity contribution in [2.45, 2.75) is 33.2 Å². The topological polar surface area (TPSA) is 221 Å². The third-order valence-electron chi connectivity index (χ3n) is 9.97. The van der Waals surface area contributed by atoms with E-state index >= 15 is 8.42 Å². The predicted octanol–water partition coefficient (Wildman–Crippen LogP) is 7.22. The summed E-state index contributed by atoms with van der Waals surface area (Å²) in [6.07, 6.45) is -1.47. The van der Waals surface area contributed by atoms with E-state index in [1.807, 2.05) is 0 Å². The molecule has 0 bridgehead atoms. The third kappa shape index (κ3) is 10.2. The zero-order chi connectivity index (χ0) is 45.8. The van der Waals surface area contributed by atoms with E-state index in [0.717, 1.165) is 15.9 Å². The second-order valence-corrected chi connectivity index (χ2v) is 20.3. The van der Waals surface area contributed by atoms with Crippen molar-refractivity contribution in [1.82, 2.24) is 39.8 Å². The fraction of sp³-hybridized carbons (Fsp3) is 0.214. The molecule has 334 valence electrons. The van der Waals surface area contributed by atoms with E-state index < -0.39 is 51.8 Å². The fourth-order valence-electron chi connectivity index (χ4n) is 6.83. The highest BCUT2D eigenvalue weighted by atomic mass is 35.6. The van der Waals surface area contributed by atoms with Gasteiger partial charge in [-0.05, 0) is 76.0 Å². The van der Waals surface area contributed by atoms with E-state index in [4.69, 9.17) is 49.0 Å². The number of halogens is 3. The smallest absolute Gasteiger partial charge is 0.404 e. The molecule has 0 atom stereocenters. The van der Waals surface area contributed by atoms with Gasteiger partial charge in [-0.1, -0.05) is 89.4 Å². The van der Waals surface area contributed by atoms with Crippen LogP contribution in [0.2, 0.25) is 0 Å². The van der Waals surface area contributed by atoms with Crippen molar-refractivity contribution in [3.05, 3.63) is 126 Å². The molecule has 64 heavy (non-hydrogen) atoms. The highest BCUT2D eigenvalue weighted by Crippen LogP contribution is 2.44. The van der Waals surface area contributed by atoms with Gasteiger partial charge in [0, 0.05) is 25.2 Å². The summed E-state index contributed by atoms with van der Waals surface area (Å²) in [5.74, 6) is 0.573. The van der Waals surface area contributed by atoms with Crippen LogP contribution < -0.4 is 19.5 Å². The van der Waals surface area contributed by atoms with Crippen molar-refractivity contribution < 1.29 is 40.9 Å². The van der Waals surface area contributed by atoms with Gasteiger partial charge < -0.3 is 29.6 Å². The number of alkyl halides is 3. The van der Waals surface area contributed by atoms with E-state index in [-0.39, 0.29) is 47.9 Å². The third-order valence-corrected chi connectivity index (χ3v) is 14.3. The number of para-hydroxylation sites is 1. The molecule has 0 aliphatic heterocycles. The van der Waals surface area contributed by atoms with Crippen LogP contribution in [0.5, 0.6) is 17.2 Å². The number of sulfonamides is 1. The van der Waals surface area contributed by atoms with Crippen LogP contribution in [0.25, 0.3) is 33.5 Å². The SMILES string of the molecule is COc1ccc(CN(Cc2ccc(OC)cc2)S(=O)(=O)c2c(S(=O)(=O)CCNC(=O)O)ccc(-c3cccc4[nH]c(C(Cl)(Cl)Cl)nc34)c2-c2nnn(Cc3ccc(OC)cc3)n2)cc1. The Balaban J connectivity index is 1.52. The Morgan fingerprint density at radius 3 is 1.88 bits per heavy atom. The number of tetrazole rings is 1. The number of hydrogen-bond acceptors (Lipinski definition) is 12. The minimum atomic E-state index is -4.99. The standard InChI is InChI=1S/C42H39Cl3N8O9S2/c1-60-29-13-7-26(8-14-29)23-52(24-27-9-15-30(61-2)16-10-27)64(58,59)38-35(63(56,57)22-21-46-41(54)55)20-19-32(33-5-4-6-34-37(33)48-40(47-34)42(43,44)45)36(38)39-49-51-53(50-39)25-28-11-17-31(62-3)18-12-28/h4-20,46H,21-25H2,1-3H3,(H,47,48)(H,54,55). The van der Waals surface area contributed by atoms with Crippen LogP contribution in [-0.2, 0) is 43.3 Å². The van der Waals surface area contributed by atoms with Gasteiger partial charge in [0.1, 0.15) is 22.1 Å². The molecular weight excluding hydrogens is 931 g/mol. The summed E-state index contributed by atoms with van der Waals surface area (Å²) in [5, 5.41) is 24.7. The van der Waals surface area contributed by atoms with Gasteiger partial charge >= 0.3 is 6.09 Å². The number of H-pyrrole nitrogens is 1. The van der Waals surface area contributed by atoms with E-state index in [1.165, 1.54) is 32.2 Å². The zero-order valence-corrected chi connectivity index (χ0v) is 38.1. The first-order valence-corrected chi connectivity index (χ1v) is 23.3. The molecule has 7 rings (SSSR count). The van der Waals surface area contributed by atoms with Crippen molar-refractivity contribution in [2.24, 2.45) is 0 Å². The second-order valence-electron chi connectivity index (χ2n) is 14.1. The minimum absolute atomic E-state index is 0.0341. The lowest BCUT2D eigenvalue weighted by Gasteiger charge is -2.26. The van der Waals surface area contributed by atoms with Crippen molar-refractivity contribution in [3.63, 3.8) is 0 Å². The number of carbonyl (C=O) groups is 1. The van der Waals surface area contributed by atoms with Gasteiger partial charge in [-0.3, -0.25) is 0 Å². The number of hydrogen-bond donors (Lipinski definition) is 3. The molecule has 22 heteroatoms. The predicted molar refractivity (Wildman–Crippen MR) is 240 cm³/mol. The fourth-order valence-corrected chi connectivity index (χ4v) is 10.7. The number of benzene rings is 5. The molecule has 7 aromatic rings. The van der Waals surface area contributed by atoms with Gasteiger partial charge in [0.25, 0.3) is 0 Å². The first-order chi connectivity index (χ1) is 30.5. The Labute approximate surface area is 382 Å². The second kappa shape index (κ2) is 19.0. The van der Waals surface area contributed by atoms with E-state index in [2.05, 4.69) is 30.7 Å². The van der Waals surface area contributed by atoms with Crippen molar-refractivity contribution in [3.8, 4) is 39.8 Å². The zero-order valence-electron chi connectivity index (χ0n) is 34.2. The molecular formula is C42H39Cl3N8O9S2. The molecule has 0 spiro atoms. The average Bonchev–Trinajstić information content (AvgIpc) is 3.94. The van der Waals surface area contributed by atoms with Crippen LogP contribution in [0.1, 0.15) is 22.5 Å². The number of carboxylic acid groups (broad SMARTS) is 1. The van der Waals surface area contributed by atoms with Gasteiger partial charge in [-0.25, -0.2) is 26.6 Å². The van der Waals surface area contributed by atoms with Gasteiger partial charge in [-0.2, -0.15) is 9.10 Å². The summed E-state index contributed by atoms with van der Waals surface area (Å²) >= 11 is 18.8. The molecule has 0 fully saturated rings. The number of rotatable bonds is 17. The average molecular weight is 970 g/mol. The molecule has 3 N–H and O–H groups in total. The van der Waals surface area contributed by atoms with Gasteiger partial charge in [0.05, 0.1) is 55.1 Å². The number of nitrogens with zero attached hydrogens (tertiary/aromatic N) is 6. The first-order valence-electron chi connectivity index (χ1n) is 19.1. The monoisotopic (exact) mass is 968 g/mol. The maximum atomic E-state index is 15.9. The Kier molecular flexibility index (Phi) is 13.7. The molecule has 0 radical (unpaired) electrons. The summed E-state index contributed by atoms with van der Waals surface area (Å²) in [4.78, 5) is 18.9. The molecule has 5 aromatic carbocycles. The number of aromatic amines is 1. The molecule has 0 unspecified atom stereocenters. The number of sulfone groups is 1. The van der Waals surface area contributed by atoms with Crippen LogP contribution in [0.15, 0.2) is 113 Å². The summed E-state index contributed by atoms with van der Waals surface area (Å²) in [5.41, 5.74) is 2.65. The van der Waals surface area contributed by atoms with Gasteiger partial charge in [-0.15, -0.1) is 10.2 Å². The molecule has 2 aromatic heterocycles. The Bertz CT molecular complexity index is 2970. The Hall–Kier alpha value is -5.96. The Morgan fingerprint density at radius 1 is 0.781 bits per heavy atom. The molecule has 1 amide bonds. The lowest BCUT2D eigenvalue weighted by atomic mass is 9.98. The number of imidazole rings is 1. The van der Waals surface area contributed by atoms with Gasteiger partial charge in [0.15, 0.2) is 15.7 Å². The molecule has 0 aliphatic carbocycles. The number of amides is 1. The highest BCUT2D eigenvalue weighted by molar-refractivity contribution is 7.93. The summed E-state index contributed by atoms with van der Waals surface area (Å²) < 4.78 is 76.0. The van der Waals surface area contributed by atoms with E-state index in [9.17, 15) is 18.3 Å². The molecule has 0 aliphatic rings. The van der Waals surface area contributed by atoms with E-state index in [1.54, 1.807) is 91.0 Å². The van der Waals surface area contributed by atoms with E-state index in [0.29, 0.717) is 39.5 Å². The number of ether oxygens (including phenoxy) is 3. The van der Waals surface area contributed by atoms with Crippen molar-refractivity contribution >= 4 is 71.8 Å². The van der Waals surface area contributed by atoms with Crippen molar-refractivity contribution in [2.75, 3.05) is 33.6 Å². The quantitative estimate of drug-likeness (QED) is 0.0769. The summed E-state index contributed by atoms with van der Waals surface area (Å²) in [7, 11) is -5.08. The minimum Gasteiger partial charge on any atom is -0.497 e. The van der Waals surface area contributed by atoms with Crippen LogP contribution in [0.3, 0.4) is 0 Å². The number of nitrogens with one attached hydrogen (secondary N) is 2. The lowest BCUT2D eigenvalue weighted by molar-refractivity contribution is 0.195. The van der Waals surface area contributed by atoms with Gasteiger partial charge in [0.2, 0.25) is 19.6 Å². The maximum Gasteiger partial charge on any atom is 0.404 e. The molecule has 17 nitrogen and oxygen atoms in total. The largest absolute Gasteiger partial charge is 0.497 e. The molecule has 0 saturated heterocycles. The molecule has 0 saturated carbocycles. The number of methoxy groups -OCH3 is 3. The van der Waals surface area contributed by atoms with Crippen LogP contribution >= 0.6 is 34.8 Å². The Morgan fingerprint density at radius 2 is 1.34 bits per heavy atom. The van der Waals surface area contributed by atoms with Crippen LogP contribution in [-0.4, -0.2) is 96.1 Å². The summed E-state index contributed by atoms with van der Waals surface area (Å²) in [6, 6.07) is 28.1. The normalized spacial score (nSPS) is 12.1. The lowest BCUT2D eigenvalue weighted by Crippen LogP contribution is -2.33. The van der Waals surface area contributed by atoms with Crippen molar-refractivity contribution in [1.29, 1.82) is 0 Å². The molecule has 2 heterocycles. The maximum absolute atomic E-state index is 15.9.